The zero-order chi connectivity index (χ0) is 17.4. The predicted octanol–water partition coefficient (Wildman–Crippen LogP) is 2.79. The van der Waals surface area contributed by atoms with Crippen molar-refractivity contribution in [3.63, 3.8) is 0 Å². The first-order valence-electron chi connectivity index (χ1n) is 6.68. The van der Waals surface area contributed by atoms with Gasteiger partial charge in [-0.2, -0.15) is 0 Å². The number of benzene rings is 1. The lowest BCUT2D eigenvalue weighted by Gasteiger charge is -2.03. The fourth-order valence-electron chi connectivity index (χ4n) is 1.74. The van der Waals surface area contributed by atoms with Gasteiger partial charge in [0.1, 0.15) is 0 Å². The van der Waals surface area contributed by atoms with Crippen LogP contribution in [0, 0.1) is 15.5 Å². The Kier molecular flexibility index (Phi) is 6.36. The highest BCUT2D eigenvalue weighted by molar-refractivity contribution is 6.49. The first kappa shape index (κ1) is 17.8. The average Bonchev–Trinajstić information content (AvgIpc) is 2.55. The quantitative estimate of drug-likeness (QED) is 0.159. The molecule has 6 heteroatoms. The van der Waals surface area contributed by atoms with Crippen molar-refractivity contribution < 1.29 is 14.8 Å². The van der Waals surface area contributed by atoms with E-state index >= 15 is 0 Å². The average molecular weight is 313 g/mol. The van der Waals surface area contributed by atoms with Gasteiger partial charge in [-0.05, 0) is 13.0 Å². The Morgan fingerprint density at radius 3 is 2.43 bits per heavy atom. The summed E-state index contributed by atoms with van der Waals surface area (Å²) in [6.45, 7) is 5.25. The van der Waals surface area contributed by atoms with Gasteiger partial charge < -0.3 is 5.11 Å². The lowest BCUT2D eigenvalue weighted by molar-refractivity contribution is -0.417. The lowest BCUT2D eigenvalue weighted by atomic mass is 10.0. The number of nitrogens with zero attached hydrogens (tertiary/aromatic N) is 1. The van der Waals surface area contributed by atoms with Crippen LogP contribution in [0.4, 0.5) is 0 Å². The maximum absolute atomic E-state index is 12.2. The number of carbonyl (C=O) groups is 1. The minimum absolute atomic E-state index is 0.153. The molecule has 0 bridgehead atoms. The van der Waals surface area contributed by atoms with Crippen molar-refractivity contribution in [1.82, 2.24) is 0 Å². The number of carbonyl (C=O) groups excluding carboxylic acids is 1. The zero-order valence-corrected chi connectivity index (χ0v) is 12.6. The highest BCUT2D eigenvalue weighted by Gasteiger charge is 2.34. The first-order chi connectivity index (χ1) is 10.9. The zero-order valence-electron chi connectivity index (χ0n) is 12.6. The van der Waals surface area contributed by atoms with Crippen LogP contribution < -0.4 is 0 Å². The summed E-state index contributed by atoms with van der Waals surface area (Å²) in [5.41, 5.74) is -1.38. The molecular weight excluding hydrogens is 296 g/mol. The molecule has 0 aliphatic heterocycles. The van der Waals surface area contributed by atoms with Crippen LogP contribution in [0.3, 0.4) is 0 Å². The van der Waals surface area contributed by atoms with Gasteiger partial charge in [-0.25, -0.2) is 0 Å². The maximum atomic E-state index is 12.2. The number of rotatable bonds is 7. The van der Waals surface area contributed by atoms with Crippen molar-refractivity contribution in [2.24, 2.45) is 0 Å². The summed E-state index contributed by atoms with van der Waals surface area (Å²) in [5.74, 6) is -1.34. The largest absolute Gasteiger partial charge is 0.588 e. The topological polar surface area (TPSA) is 107 Å². The molecule has 0 spiro atoms. The Balaban J connectivity index is 3.38. The van der Waals surface area contributed by atoms with Crippen LogP contribution in [0.1, 0.15) is 17.3 Å². The molecule has 1 aromatic rings. The maximum Gasteiger partial charge on any atom is 0.392 e. The van der Waals surface area contributed by atoms with Gasteiger partial charge in [0.05, 0.1) is 10.5 Å². The fourth-order valence-corrected chi connectivity index (χ4v) is 1.74. The van der Waals surface area contributed by atoms with Gasteiger partial charge in [0, 0.05) is 5.56 Å². The first-order valence-corrected chi connectivity index (χ1v) is 6.68. The van der Waals surface area contributed by atoms with Crippen LogP contribution >= 0.6 is 0 Å². The number of Topliss-reactive ketones (excluding diaryl/α,β-unsaturated/α-hetero) is 1. The Hall–Kier alpha value is -3.28. The highest BCUT2D eigenvalue weighted by atomic mass is 16.6. The molecule has 0 heterocycles. The standard InChI is InChI=1S/C17H16N2O4/c1-3-5-9-12(4-2)17(21)15(19(22)23)14(18)16(20)13-10-7-6-8-11-13/h3-11,18,21H,2H2,1H3/p+1/b5-3-,12-9+,17-15+,18-14?. The van der Waals surface area contributed by atoms with Crippen molar-refractivity contribution in [1.29, 1.82) is 5.41 Å². The number of ketones is 1. The summed E-state index contributed by atoms with van der Waals surface area (Å²) < 4.78 is 0. The van der Waals surface area contributed by atoms with Gasteiger partial charge in [-0.1, -0.05) is 55.1 Å². The fraction of sp³-hybridized carbons (Fsp3) is 0.0588. The molecule has 118 valence electrons. The molecule has 0 amide bonds. The summed E-state index contributed by atoms with van der Waals surface area (Å²) in [6.07, 6.45) is 6.00. The lowest BCUT2D eigenvalue weighted by Crippen LogP contribution is -2.22. The molecule has 0 saturated carbocycles. The third-order valence-corrected chi connectivity index (χ3v) is 2.90. The van der Waals surface area contributed by atoms with Crippen molar-refractivity contribution in [2.45, 2.75) is 6.92 Å². The summed E-state index contributed by atoms with van der Waals surface area (Å²) in [6, 6.07) is 7.80. The van der Waals surface area contributed by atoms with Gasteiger partial charge in [0.15, 0.2) is 5.71 Å². The molecule has 1 rings (SSSR count). The highest BCUT2D eigenvalue weighted by Crippen LogP contribution is 2.17. The predicted molar refractivity (Wildman–Crippen MR) is 89.2 cm³/mol. The molecule has 0 unspecified atom stereocenters. The van der Waals surface area contributed by atoms with Crippen molar-refractivity contribution in [3.05, 3.63) is 93.9 Å². The Labute approximate surface area is 133 Å². The van der Waals surface area contributed by atoms with E-state index in [0.29, 0.717) is 0 Å². The molecule has 0 atom stereocenters. The van der Waals surface area contributed by atoms with Gasteiger partial charge in [0.25, 0.3) is 0 Å². The van der Waals surface area contributed by atoms with E-state index < -0.39 is 27.9 Å². The van der Waals surface area contributed by atoms with Crippen LogP contribution in [0.25, 0.3) is 0 Å². The van der Waals surface area contributed by atoms with Crippen LogP contribution in [0.2, 0.25) is 0 Å². The Bertz CT molecular complexity index is 728. The van der Waals surface area contributed by atoms with E-state index in [9.17, 15) is 14.9 Å². The second-order valence-corrected chi connectivity index (χ2v) is 4.40. The molecule has 3 N–H and O–H groups in total. The number of nitro groups is 1. The molecule has 6 nitrogen and oxygen atoms in total. The van der Waals surface area contributed by atoms with Crippen LogP contribution in [0.15, 0.2) is 78.2 Å². The summed E-state index contributed by atoms with van der Waals surface area (Å²) in [4.78, 5) is 22.6. The molecule has 0 aromatic heterocycles. The van der Waals surface area contributed by atoms with Crippen molar-refractivity contribution >= 4 is 11.5 Å². The Morgan fingerprint density at radius 1 is 1.35 bits per heavy atom. The number of hydrogen-bond donors (Lipinski definition) is 1. The number of hydrogen-bond acceptors (Lipinski definition) is 4. The van der Waals surface area contributed by atoms with Gasteiger partial charge in [-0.3, -0.25) is 20.3 Å². The summed E-state index contributed by atoms with van der Waals surface area (Å²) in [7, 11) is 0. The third kappa shape index (κ3) is 4.34. The van der Waals surface area contributed by atoms with E-state index in [0.717, 1.165) is 0 Å². The summed E-state index contributed by atoms with van der Waals surface area (Å²) in [5, 5.41) is 27.1. The SMILES string of the molecule is C=CC(=C\C=C/C)/C([OH2+])=C(/C(=N)C(=O)c1ccccc1)[N+](=O)[O-]. The molecule has 23 heavy (non-hydrogen) atoms. The number of allylic oxidation sites excluding steroid dienone is 5. The van der Waals surface area contributed by atoms with E-state index in [-0.39, 0.29) is 11.1 Å². The minimum Gasteiger partial charge on any atom is -0.588 e. The smallest absolute Gasteiger partial charge is 0.392 e. The van der Waals surface area contributed by atoms with E-state index in [2.05, 4.69) is 6.58 Å². The van der Waals surface area contributed by atoms with E-state index in [1.165, 1.54) is 24.3 Å². The van der Waals surface area contributed by atoms with Crippen LogP contribution in [0.5, 0.6) is 0 Å². The Morgan fingerprint density at radius 2 is 1.96 bits per heavy atom. The molecule has 0 aliphatic rings. The van der Waals surface area contributed by atoms with E-state index in [4.69, 9.17) is 10.5 Å². The van der Waals surface area contributed by atoms with Crippen molar-refractivity contribution in [2.75, 3.05) is 0 Å². The molecular formula is C17H17N2O4+. The third-order valence-electron chi connectivity index (χ3n) is 2.90. The second kappa shape index (κ2) is 8.23. The van der Waals surface area contributed by atoms with Gasteiger partial charge in [0.2, 0.25) is 5.78 Å². The second-order valence-electron chi connectivity index (χ2n) is 4.40. The van der Waals surface area contributed by atoms with Crippen molar-refractivity contribution in [3.8, 4) is 0 Å². The molecule has 0 saturated heterocycles. The van der Waals surface area contributed by atoms with E-state index in [1.54, 1.807) is 37.3 Å². The van der Waals surface area contributed by atoms with Gasteiger partial charge in [-0.15, -0.1) is 0 Å². The minimum atomic E-state index is -0.890. The van der Waals surface area contributed by atoms with E-state index in [1.807, 2.05) is 0 Å². The normalized spacial score (nSPS) is 12.7. The monoisotopic (exact) mass is 313 g/mol. The van der Waals surface area contributed by atoms with Crippen LogP contribution in [-0.2, 0) is 0 Å². The molecule has 0 fully saturated rings. The molecule has 0 aliphatic carbocycles. The summed E-state index contributed by atoms with van der Waals surface area (Å²) >= 11 is 0. The molecule has 0 radical (unpaired) electrons. The number of nitrogens with one attached hydrogen (secondary N) is 1. The molecule has 1 aromatic carbocycles. The van der Waals surface area contributed by atoms with Gasteiger partial charge >= 0.3 is 11.5 Å². The van der Waals surface area contributed by atoms with Crippen LogP contribution in [-0.4, -0.2) is 21.5 Å².